The SMILES string of the molecule is Cc1cc(C(=O)NC(C)C#N)ccn1. The Bertz CT molecular complexity index is 381. The van der Waals surface area contributed by atoms with Crippen molar-refractivity contribution in [2.45, 2.75) is 19.9 Å². The van der Waals surface area contributed by atoms with E-state index in [0.717, 1.165) is 5.69 Å². The van der Waals surface area contributed by atoms with Crippen molar-refractivity contribution in [3.63, 3.8) is 0 Å². The van der Waals surface area contributed by atoms with Crippen molar-refractivity contribution in [2.24, 2.45) is 0 Å². The lowest BCUT2D eigenvalue weighted by atomic mass is 10.2. The molecule has 1 aromatic rings. The molecule has 1 unspecified atom stereocenters. The van der Waals surface area contributed by atoms with E-state index < -0.39 is 6.04 Å². The molecule has 1 amide bonds. The Kier molecular flexibility index (Phi) is 3.19. The van der Waals surface area contributed by atoms with Gasteiger partial charge in [0.05, 0.1) is 6.07 Å². The minimum absolute atomic E-state index is 0.246. The molecule has 0 bridgehead atoms. The summed E-state index contributed by atoms with van der Waals surface area (Å²) >= 11 is 0. The summed E-state index contributed by atoms with van der Waals surface area (Å²) in [5, 5.41) is 11.1. The second kappa shape index (κ2) is 4.38. The first-order valence-corrected chi connectivity index (χ1v) is 4.26. The molecule has 4 heteroatoms. The number of pyridine rings is 1. The third-order valence-electron chi connectivity index (χ3n) is 1.70. The molecular weight excluding hydrogens is 178 g/mol. The first-order chi connectivity index (χ1) is 6.63. The summed E-state index contributed by atoms with van der Waals surface area (Å²) in [5.41, 5.74) is 1.31. The number of hydrogen-bond donors (Lipinski definition) is 1. The Balaban J connectivity index is 2.76. The van der Waals surface area contributed by atoms with E-state index in [0.29, 0.717) is 5.56 Å². The predicted octanol–water partition coefficient (Wildman–Crippen LogP) is 1.03. The van der Waals surface area contributed by atoms with Gasteiger partial charge in [0.15, 0.2) is 0 Å². The quantitative estimate of drug-likeness (QED) is 0.755. The standard InChI is InChI=1S/C10H11N3O/c1-7-5-9(3-4-12-7)10(14)13-8(2)6-11/h3-5,8H,1-2H3,(H,13,14). The van der Waals surface area contributed by atoms with Crippen molar-refractivity contribution < 1.29 is 4.79 Å². The third-order valence-corrected chi connectivity index (χ3v) is 1.70. The largest absolute Gasteiger partial charge is 0.337 e. The second-order valence-corrected chi connectivity index (χ2v) is 3.01. The average molecular weight is 189 g/mol. The molecule has 0 aliphatic heterocycles. The monoisotopic (exact) mass is 189 g/mol. The molecule has 0 aromatic carbocycles. The number of aromatic nitrogens is 1. The fourth-order valence-electron chi connectivity index (χ4n) is 0.999. The van der Waals surface area contributed by atoms with E-state index in [-0.39, 0.29) is 5.91 Å². The molecular formula is C10H11N3O. The number of hydrogen-bond acceptors (Lipinski definition) is 3. The molecule has 1 heterocycles. The van der Waals surface area contributed by atoms with Crippen LogP contribution in [0.4, 0.5) is 0 Å². The number of nitriles is 1. The van der Waals surface area contributed by atoms with Crippen LogP contribution in [0.3, 0.4) is 0 Å². The predicted molar refractivity (Wildman–Crippen MR) is 51.5 cm³/mol. The Morgan fingerprint density at radius 2 is 2.43 bits per heavy atom. The van der Waals surface area contributed by atoms with Crippen LogP contribution in [0, 0.1) is 18.3 Å². The van der Waals surface area contributed by atoms with Crippen LogP contribution in [-0.4, -0.2) is 16.9 Å². The van der Waals surface area contributed by atoms with Crippen LogP contribution in [0.2, 0.25) is 0 Å². The second-order valence-electron chi connectivity index (χ2n) is 3.01. The highest BCUT2D eigenvalue weighted by Gasteiger charge is 2.08. The molecule has 1 N–H and O–H groups in total. The number of rotatable bonds is 2. The number of nitrogens with one attached hydrogen (secondary N) is 1. The number of carbonyl (C=O) groups excluding carboxylic acids is 1. The van der Waals surface area contributed by atoms with Crippen LogP contribution in [0.15, 0.2) is 18.3 Å². The van der Waals surface area contributed by atoms with Gasteiger partial charge in [0, 0.05) is 17.5 Å². The van der Waals surface area contributed by atoms with Crippen molar-refractivity contribution >= 4 is 5.91 Å². The van der Waals surface area contributed by atoms with E-state index in [2.05, 4.69) is 10.3 Å². The number of aryl methyl sites for hydroxylation is 1. The summed E-state index contributed by atoms with van der Waals surface area (Å²) in [6, 6.07) is 4.75. The highest BCUT2D eigenvalue weighted by Crippen LogP contribution is 2.00. The highest BCUT2D eigenvalue weighted by atomic mass is 16.1. The summed E-state index contributed by atoms with van der Waals surface area (Å²) in [5.74, 6) is -0.246. The van der Waals surface area contributed by atoms with Crippen LogP contribution in [0.5, 0.6) is 0 Å². The lowest BCUT2D eigenvalue weighted by molar-refractivity contribution is 0.0947. The van der Waals surface area contributed by atoms with Gasteiger partial charge in [-0.3, -0.25) is 9.78 Å². The van der Waals surface area contributed by atoms with Gasteiger partial charge in [-0.05, 0) is 26.0 Å². The summed E-state index contributed by atoms with van der Waals surface area (Å²) in [6.45, 7) is 3.44. The van der Waals surface area contributed by atoms with E-state index in [4.69, 9.17) is 5.26 Å². The Hall–Kier alpha value is -1.89. The number of amides is 1. The zero-order valence-corrected chi connectivity index (χ0v) is 8.11. The fraction of sp³-hybridized carbons (Fsp3) is 0.300. The normalized spacial score (nSPS) is 11.5. The van der Waals surface area contributed by atoms with Gasteiger partial charge in [-0.25, -0.2) is 0 Å². The Morgan fingerprint density at radius 3 is 3.00 bits per heavy atom. The lowest BCUT2D eigenvalue weighted by Gasteiger charge is -2.06. The first kappa shape index (κ1) is 10.2. The maximum atomic E-state index is 11.5. The van der Waals surface area contributed by atoms with Crippen molar-refractivity contribution in [1.82, 2.24) is 10.3 Å². The zero-order chi connectivity index (χ0) is 10.6. The summed E-state index contributed by atoms with van der Waals surface area (Å²) < 4.78 is 0. The minimum Gasteiger partial charge on any atom is -0.337 e. The van der Waals surface area contributed by atoms with Gasteiger partial charge in [0.2, 0.25) is 0 Å². The maximum absolute atomic E-state index is 11.5. The molecule has 0 fully saturated rings. The lowest BCUT2D eigenvalue weighted by Crippen LogP contribution is -2.31. The molecule has 1 aromatic heterocycles. The smallest absolute Gasteiger partial charge is 0.252 e. The molecule has 0 aliphatic carbocycles. The summed E-state index contributed by atoms with van der Waals surface area (Å²) in [7, 11) is 0. The molecule has 72 valence electrons. The highest BCUT2D eigenvalue weighted by molar-refractivity contribution is 5.94. The minimum atomic E-state index is -0.476. The molecule has 4 nitrogen and oxygen atoms in total. The first-order valence-electron chi connectivity index (χ1n) is 4.26. The van der Waals surface area contributed by atoms with Gasteiger partial charge < -0.3 is 5.32 Å². The fourth-order valence-corrected chi connectivity index (χ4v) is 0.999. The zero-order valence-electron chi connectivity index (χ0n) is 8.11. The van der Waals surface area contributed by atoms with Crippen LogP contribution in [0.25, 0.3) is 0 Å². The van der Waals surface area contributed by atoms with Gasteiger partial charge >= 0.3 is 0 Å². The molecule has 1 rings (SSSR count). The Labute approximate surface area is 82.6 Å². The summed E-state index contributed by atoms with van der Waals surface area (Å²) in [4.78, 5) is 15.5. The number of nitrogens with zero attached hydrogens (tertiary/aromatic N) is 2. The Morgan fingerprint density at radius 1 is 1.71 bits per heavy atom. The molecule has 0 saturated heterocycles. The van der Waals surface area contributed by atoms with Crippen LogP contribution >= 0.6 is 0 Å². The maximum Gasteiger partial charge on any atom is 0.252 e. The van der Waals surface area contributed by atoms with Gasteiger partial charge in [-0.2, -0.15) is 5.26 Å². The average Bonchev–Trinajstić information content (AvgIpc) is 2.17. The topological polar surface area (TPSA) is 65.8 Å². The van der Waals surface area contributed by atoms with Crippen LogP contribution in [-0.2, 0) is 0 Å². The van der Waals surface area contributed by atoms with Gasteiger partial charge in [-0.15, -0.1) is 0 Å². The molecule has 0 spiro atoms. The third kappa shape index (κ3) is 2.56. The van der Waals surface area contributed by atoms with E-state index >= 15 is 0 Å². The molecule has 0 radical (unpaired) electrons. The van der Waals surface area contributed by atoms with Crippen LogP contribution in [0.1, 0.15) is 23.0 Å². The van der Waals surface area contributed by atoms with Gasteiger partial charge in [0.25, 0.3) is 5.91 Å². The molecule has 0 aliphatic rings. The molecule has 14 heavy (non-hydrogen) atoms. The van der Waals surface area contributed by atoms with Gasteiger partial charge in [0.1, 0.15) is 6.04 Å². The number of carbonyl (C=O) groups is 1. The van der Waals surface area contributed by atoms with Crippen molar-refractivity contribution in [3.8, 4) is 6.07 Å². The molecule has 1 atom stereocenters. The van der Waals surface area contributed by atoms with Gasteiger partial charge in [-0.1, -0.05) is 0 Å². The van der Waals surface area contributed by atoms with E-state index in [9.17, 15) is 4.79 Å². The van der Waals surface area contributed by atoms with Crippen LogP contribution < -0.4 is 5.32 Å². The van der Waals surface area contributed by atoms with E-state index in [1.54, 1.807) is 25.3 Å². The summed E-state index contributed by atoms with van der Waals surface area (Å²) in [6.07, 6.45) is 1.57. The van der Waals surface area contributed by atoms with Crippen molar-refractivity contribution in [1.29, 1.82) is 5.26 Å². The van der Waals surface area contributed by atoms with E-state index in [1.165, 1.54) is 0 Å². The molecule has 0 saturated carbocycles. The van der Waals surface area contributed by atoms with Crippen molar-refractivity contribution in [3.05, 3.63) is 29.6 Å². The van der Waals surface area contributed by atoms with Crippen molar-refractivity contribution in [2.75, 3.05) is 0 Å². The van der Waals surface area contributed by atoms with E-state index in [1.807, 2.05) is 13.0 Å².